The summed E-state index contributed by atoms with van der Waals surface area (Å²) in [6, 6.07) is 6.58. The van der Waals surface area contributed by atoms with Crippen LogP contribution in [0.1, 0.15) is 31.7 Å². The summed E-state index contributed by atoms with van der Waals surface area (Å²) in [4.78, 5) is 42.8. The molecule has 0 aliphatic carbocycles. The summed E-state index contributed by atoms with van der Waals surface area (Å²) >= 11 is 0. The highest BCUT2D eigenvalue weighted by Crippen LogP contribution is 2.28. The number of carbonyl (C=O) groups excluding carboxylic acids is 3. The number of piperazine rings is 1. The summed E-state index contributed by atoms with van der Waals surface area (Å²) < 4.78 is 10.4. The van der Waals surface area contributed by atoms with Crippen molar-refractivity contribution in [1.82, 2.24) is 25.1 Å². The van der Waals surface area contributed by atoms with Crippen LogP contribution < -0.4 is 10.1 Å². The van der Waals surface area contributed by atoms with Gasteiger partial charge in [-0.1, -0.05) is 31.9 Å². The Morgan fingerprint density at radius 2 is 1.91 bits per heavy atom. The lowest BCUT2D eigenvalue weighted by atomic mass is 10.0. The molecule has 0 aromatic heterocycles. The van der Waals surface area contributed by atoms with E-state index in [-0.39, 0.29) is 30.9 Å². The lowest BCUT2D eigenvalue weighted by molar-refractivity contribution is -0.187. The second-order valence-corrected chi connectivity index (χ2v) is 8.38. The molecule has 2 saturated heterocycles. The van der Waals surface area contributed by atoms with Crippen LogP contribution in [0.5, 0.6) is 5.75 Å². The van der Waals surface area contributed by atoms with Crippen LogP contribution in [0, 0.1) is 0 Å². The predicted octanol–water partition coefficient (Wildman–Crippen LogP) is 1.27. The zero-order valence-electron chi connectivity index (χ0n) is 20.0. The molecule has 2 aliphatic heterocycles. The number of nitrogens with one attached hydrogen (secondary N) is 1. The van der Waals surface area contributed by atoms with E-state index in [9.17, 15) is 14.4 Å². The van der Waals surface area contributed by atoms with Gasteiger partial charge in [0.25, 0.3) is 0 Å². The fourth-order valence-corrected chi connectivity index (χ4v) is 4.38. The van der Waals surface area contributed by atoms with E-state index >= 15 is 0 Å². The Balaban J connectivity index is 1.80. The molecule has 182 valence electrons. The number of methoxy groups -OCH3 is 2. The van der Waals surface area contributed by atoms with E-state index in [0.29, 0.717) is 26.1 Å². The van der Waals surface area contributed by atoms with Gasteiger partial charge in [-0.25, -0.2) is 14.8 Å². The number of rotatable bonds is 9. The van der Waals surface area contributed by atoms with Crippen molar-refractivity contribution in [2.45, 2.75) is 44.9 Å². The normalized spacial score (nSPS) is 21.3. The van der Waals surface area contributed by atoms with E-state index in [1.165, 1.54) is 0 Å². The first kappa shape index (κ1) is 24.8. The zero-order chi connectivity index (χ0) is 24.0. The van der Waals surface area contributed by atoms with Gasteiger partial charge in [0, 0.05) is 27.2 Å². The molecule has 2 atom stereocenters. The molecule has 0 saturated carbocycles. The first-order valence-corrected chi connectivity index (χ1v) is 11.4. The lowest BCUT2D eigenvalue weighted by Gasteiger charge is -2.54. The Labute approximate surface area is 195 Å². The standard InChI is InChI=1S/C23H35N5O5/c1-5-6-7-19-22(30)26(12-13-32-3)15-20-27(19)21(29)16-25(2)28(20)23(31)24-14-17-8-10-18(33-4)11-9-17/h8-11,19-20H,5-7,12-16H2,1-4H3,(H,24,31). The molecule has 2 heterocycles. The first-order chi connectivity index (χ1) is 15.9. The number of fused-ring (bicyclic) bond motifs is 1. The van der Waals surface area contributed by atoms with E-state index in [4.69, 9.17) is 9.47 Å². The van der Waals surface area contributed by atoms with E-state index in [2.05, 4.69) is 12.2 Å². The first-order valence-electron chi connectivity index (χ1n) is 11.4. The molecule has 1 aromatic carbocycles. The number of ether oxygens (including phenoxy) is 2. The number of unbranched alkanes of at least 4 members (excludes halogenated alkanes) is 1. The van der Waals surface area contributed by atoms with Gasteiger partial charge in [-0.2, -0.15) is 0 Å². The SMILES string of the molecule is CCCCC1C(=O)N(CCOC)CC2N1C(=O)CN(C)N2C(=O)NCc1ccc(OC)cc1. The summed E-state index contributed by atoms with van der Waals surface area (Å²) in [5, 5.41) is 6.15. The number of likely N-dealkylation sites (N-methyl/N-ethyl adjacent to an activating group) is 1. The smallest absolute Gasteiger partial charge is 0.334 e. The Kier molecular flexibility index (Phi) is 8.51. The minimum Gasteiger partial charge on any atom is -0.497 e. The minimum atomic E-state index is -0.571. The largest absolute Gasteiger partial charge is 0.497 e. The van der Waals surface area contributed by atoms with Crippen molar-refractivity contribution in [2.75, 3.05) is 47.5 Å². The number of urea groups is 1. The highest BCUT2D eigenvalue weighted by Gasteiger charge is 2.50. The summed E-state index contributed by atoms with van der Waals surface area (Å²) in [5.74, 6) is 0.534. The molecule has 3 rings (SSSR count). The van der Waals surface area contributed by atoms with Gasteiger partial charge >= 0.3 is 6.03 Å². The van der Waals surface area contributed by atoms with E-state index < -0.39 is 12.2 Å². The maximum Gasteiger partial charge on any atom is 0.334 e. The number of nitrogens with zero attached hydrogens (tertiary/aromatic N) is 4. The van der Waals surface area contributed by atoms with Crippen molar-refractivity contribution in [1.29, 1.82) is 0 Å². The molecule has 1 aromatic rings. The van der Waals surface area contributed by atoms with Crippen molar-refractivity contribution >= 4 is 17.8 Å². The van der Waals surface area contributed by atoms with Gasteiger partial charge in [0.05, 0.1) is 26.8 Å². The predicted molar refractivity (Wildman–Crippen MR) is 122 cm³/mol. The molecule has 10 nitrogen and oxygen atoms in total. The molecule has 1 N–H and O–H groups in total. The molecule has 2 fully saturated rings. The number of carbonyl (C=O) groups is 3. The maximum atomic E-state index is 13.3. The summed E-state index contributed by atoms with van der Waals surface area (Å²) in [7, 11) is 4.92. The van der Waals surface area contributed by atoms with Crippen LogP contribution in [-0.4, -0.2) is 97.4 Å². The number of amides is 4. The average molecular weight is 462 g/mol. The molecular formula is C23H35N5O5. The number of hydrogen-bond acceptors (Lipinski definition) is 6. The van der Waals surface area contributed by atoms with Crippen LogP contribution >= 0.6 is 0 Å². The van der Waals surface area contributed by atoms with Gasteiger partial charge in [0.15, 0.2) is 0 Å². The number of hydrogen-bond donors (Lipinski definition) is 1. The van der Waals surface area contributed by atoms with Crippen molar-refractivity contribution in [3.63, 3.8) is 0 Å². The van der Waals surface area contributed by atoms with Gasteiger partial charge in [0.2, 0.25) is 11.8 Å². The van der Waals surface area contributed by atoms with Crippen molar-refractivity contribution < 1.29 is 23.9 Å². The molecule has 33 heavy (non-hydrogen) atoms. The van der Waals surface area contributed by atoms with Crippen molar-refractivity contribution in [3.05, 3.63) is 29.8 Å². The fraction of sp³-hybridized carbons (Fsp3) is 0.609. The Bertz CT molecular complexity index is 833. The van der Waals surface area contributed by atoms with Gasteiger partial charge in [-0.3, -0.25) is 9.59 Å². The van der Waals surface area contributed by atoms with Crippen molar-refractivity contribution in [2.24, 2.45) is 0 Å². The molecule has 0 radical (unpaired) electrons. The second kappa shape index (κ2) is 11.3. The fourth-order valence-electron chi connectivity index (χ4n) is 4.38. The maximum absolute atomic E-state index is 13.3. The Morgan fingerprint density at radius 3 is 2.55 bits per heavy atom. The van der Waals surface area contributed by atoms with E-state index in [1.54, 1.807) is 41.1 Å². The van der Waals surface area contributed by atoms with Crippen LogP contribution in [0.4, 0.5) is 4.79 Å². The summed E-state index contributed by atoms with van der Waals surface area (Å²) in [5.41, 5.74) is 0.929. The molecule has 0 bridgehead atoms. The zero-order valence-corrected chi connectivity index (χ0v) is 20.0. The van der Waals surface area contributed by atoms with Crippen LogP contribution in [0.15, 0.2) is 24.3 Å². The number of benzene rings is 1. The molecule has 10 heteroatoms. The summed E-state index contributed by atoms with van der Waals surface area (Å²) in [6.45, 7) is 3.49. The van der Waals surface area contributed by atoms with Gasteiger partial charge in [-0.15, -0.1) is 0 Å². The summed E-state index contributed by atoms with van der Waals surface area (Å²) in [6.07, 6.45) is 1.75. The molecule has 2 aliphatic rings. The second-order valence-electron chi connectivity index (χ2n) is 8.38. The van der Waals surface area contributed by atoms with Crippen LogP contribution in [0.25, 0.3) is 0 Å². The average Bonchev–Trinajstić information content (AvgIpc) is 2.81. The molecular weight excluding hydrogens is 426 g/mol. The van der Waals surface area contributed by atoms with Gasteiger partial charge in [0.1, 0.15) is 18.0 Å². The Morgan fingerprint density at radius 1 is 1.18 bits per heavy atom. The molecule has 4 amide bonds. The highest BCUT2D eigenvalue weighted by molar-refractivity contribution is 5.91. The third kappa shape index (κ3) is 5.56. The van der Waals surface area contributed by atoms with Crippen LogP contribution in [0.2, 0.25) is 0 Å². The van der Waals surface area contributed by atoms with E-state index in [0.717, 1.165) is 24.2 Å². The Hall–Kier alpha value is -2.85. The minimum absolute atomic E-state index is 0.0421. The van der Waals surface area contributed by atoms with Crippen LogP contribution in [0.3, 0.4) is 0 Å². The quantitative estimate of drug-likeness (QED) is 0.595. The monoisotopic (exact) mass is 461 g/mol. The molecule has 2 unspecified atom stereocenters. The van der Waals surface area contributed by atoms with E-state index in [1.807, 2.05) is 24.3 Å². The van der Waals surface area contributed by atoms with Gasteiger partial charge in [-0.05, 0) is 24.1 Å². The lowest BCUT2D eigenvalue weighted by Crippen LogP contribution is -2.76. The van der Waals surface area contributed by atoms with Gasteiger partial charge < -0.3 is 24.6 Å². The third-order valence-electron chi connectivity index (χ3n) is 6.15. The molecule has 0 spiro atoms. The third-order valence-corrected chi connectivity index (χ3v) is 6.15. The highest BCUT2D eigenvalue weighted by atomic mass is 16.5. The topological polar surface area (TPSA) is 94.7 Å². The van der Waals surface area contributed by atoms with Crippen molar-refractivity contribution in [3.8, 4) is 5.75 Å². The van der Waals surface area contributed by atoms with Crippen LogP contribution in [-0.2, 0) is 20.9 Å². The number of hydrazine groups is 1.